The molecule has 0 saturated carbocycles. The highest BCUT2D eigenvalue weighted by atomic mass is 19.1. The monoisotopic (exact) mass is 281 g/mol. The summed E-state index contributed by atoms with van der Waals surface area (Å²) in [5, 5.41) is 3.33. The lowest BCUT2D eigenvalue weighted by Gasteiger charge is -2.17. The lowest BCUT2D eigenvalue weighted by molar-refractivity contribution is 0.0943. The maximum atomic E-state index is 13.7. The highest BCUT2D eigenvalue weighted by Crippen LogP contribution is 2.19. The zero-order valence-electron chi connectivity index (χ0n) is 13.4. The molecule has 0 aliphatic carbocycles. The molecule has 3 heteroatoms. The summed E-state index contributed by atoms with van der Waals surface area (Å²) >= 11 is 0. The first-order valence-electron chi connectivity index (χ1n) is 7.36. The van der Waals surface area contributed by atoms with Crippen molar-refractivity contribution >= 4 is 0 Å². The summed E-state index contributed by atoms with van der Waals surface area (Å²) in [6.07, 6.45) is 0.975. The number of benzene rings is 1. The molecule has 2 nitrogen and oxygen atoms in total. The van der Waals surface area contributed by atoms with Gasteiger partial charge >= 0.3 is 0 Å². The van der Waals surface area contributed by atoms with Crippen molar-refractivity contribution in [2.75, 3.05) is 6.61 Å². The van der Waals surface area contributed by atoms with Crippen LogP contribution in [-0.2, 0) is 17.9 Å². The normalized spacial score (nSPS) is 12.2. The van der Waals surface area contributed by atoms with Crippen molar-refractivity contribution in [2.24, 2.45) is 5.41 Å². The van der Waals surface area contributed by atoms with Gasteiger partial charge in [0.2, 0.25) is 0 Å². The first-order valence-corrected chi connectivity index (χ1v) is 7.36. The summed E-state index contributed by atoms with van der Waals surface area (Å²) in [7, 11) is 0. The van der Waals surface area contributed by atoms with E-state index in [0.717, 1.165) is 18.5 Å². The van der Waals surface area contributed by atoms with Gasteiger partial charge in [0.25, 0.3) is 0 Å². The Kier molecular flexibility index (Phi) is 6.63. The molecule has 0 amide bonds. The zero-order valence-corrected chi connectivity index (χ0v) is 13.4. The molecule has 0 fully saturated rings. The number of ether oxygens (including phenoxy) is 1. The van der Waals surface area contributed by atoms with Crippen molar-refractivity contribution in [3.05, 3.63) is 35.1 Å². The van der Waals surface area contributed by atoms with Crippen molar-refractivity contribution in [2.45, 2.75) is 60.2 Å². The highest BCUT2D eigenvalue weighted by Gasteiger charge is 2.10. The second-order valence-electron chi connectivity index (χ2n) is 6.82. The minimum absolute atomic E-state index is 0.186. The Morgan fingerprint density at radius 3 is 2.55 bits per heavy atom. The van der Waals surface area contributed by atoms with Crippen LogP contribution in [0.15, 0.2) is 18.2 Å². The fourth-order valence-electron chi connectivity index (χ4n) is 1.73. The van der Waals surface area contributed by atoms with E-state index in [4.69, 9.17) is 4.74 Å². The molecule has 0 unspecified atom stereocenters. The predicted molar refractivity (Wildman–Crippen MR) is 82.1 cm³/mol. The number of nitrogens with one attached hydrogen (secondary N) is 1. The first-order chi connectivity index (χ1) is 9.28. The van der Waals surface area contributed by atoms with Gasteiger partial charge in [0.15, 0.2) is 0 Å². The van der Waals surface area contributed by atoms with Crippen LogP contribution in [0, 0.1) is 11.2 Å². The van der Waals surface area contributed by atoms with Gasteiger partial charge in [-0.05, 0) is 29.5 Å². The van der Waals surface area contributed by atoms with Gasteiger partial charge in [0.1, 0.15) is 5.82 Å². The van der Waals surface area contributed by atoms with Gasteiger partial charge in [-0.1, -0.05) is 40.7 Å². The molecule has 1 N–H and O–H groups in total. The number of halogens is 1. The molecule has 20 heavy (non-hydrogen) atoms. The minimum atomic E-state index is -0.186. The van der Waals surface area contributed by atoms with Gasteiger partial charge in [0, 0.05) is 24.8 Å². The SMILES string of the molecule is CC(C)NCc1ccc(F)c(COCCC(C)(C)C)c1. The van der Waals surface area contributed by atoms with Crippen LogP contribution < -0.4 is 5.32 Å². The molecule has 0 aromatic heterocycles. The van der Waals surface area contributed by atoms with Crippen molar-refractivity contribution in [3.8, 4) is 0 Å². The summed E-state index contributed by atoms with van der Waals surface area (Å²) in [6.45, 7) is 12.5. The molecule has 1 aromatic rings. The lowest BCUT2D eigenvalue weighted by Crippen LogP contribution is -2.21. The van der Waals surface area contributed by atoms with Gasteiger partial charge in [-0.15, -0.1) is 0 Å². The van der Waals surface area contributed by atoms with E-state index in [2.05, 4.69) is 39.9 Å². The van der Waals surface area contributed by atoms with Crippen LogP contribution in [-0.4, -0.2) is 12.6 Å². The average molecular weight is 281 g/mol. The zero-order chi connectivity index (χ0) is 15.2. The van der Waals surface area contributed by atoms with E-state index < -0.39 is 0 Å². The van der Waals surface area contributed by atoms with Crippen LogP contribution in [0.1, 0.15) is 52.2 Å². The summed E-state index contributed by atoms with van der Waals surface area (Å²) in [4.78, 5) is 0. The van der Waals surface area contributed by atoms with Crippen molar-refractivity contribution in [1.82, 2.24) is 5.32 Å². The number of hydrogen-bond acceptors (Lipinski definition) is 2. The van der Waals surface area contributed by atoms with Gasteiger partial charge in [-0.25, -0.2) is 4.39 Å². The molecule has 114 valence electrons. The van der Waals surface area contributed by atoms with Crippen LogP contribution in [0.4, 0.5) is 4.39 Å². The molecular weight excluding hydrogens is 253 g/mol. The van der Waals surface area contributed by atoms with Crippen molar-refractivity contribution in [3.63, 3.8) is 0 Å². The van der Waals surface area contributed by atoms with Crippen LogP contribution >= 0.6 is 0 Å². The Labute approximate surface area is 122 Å². The second-order valence-corrected chi connectivity index (χ2v) is 6.82. The Balaban J connectivity index is 2.49. The summed E-state index contributed by atoms with van der Waals surface area (Å²) < 4.78 is 19.3. The smallest absolute Gasteiger partial charge is 0.128 e. The quantitative estimate of drug-likeness (QED) is 0.753. The Morgan fingerprint density at radius 2 is 1.95 bits per heavy atom. The number of rotatable bonds is 7. The molecule has 0 aliphatic heterocycles. The molecule has 0 spiro atoms. The van der Waals surface area contributed by atoms with Crippen molar-refractivity contribution < 1.29 is 9.13 Å². The Hall–Kier alpha value is -0.930. The van der Waals surface area contributed by atoms with Gasteiger partial charge in [-0.2, -0.15) is 0 Å². The third-order valence-corrected chi connectivity index (χ3v) is 3.08. The van der Waals surface area contributed by atoms with Gasteiger partial charge in [0.05, 0.1) is 6.61 Å². The van der Waals surface area contributed by atoms with Crippen LogP contribution in [0.3, 0.4) is 0 Å². The first kappa shape index (κ1) is 17.1. The van der Waals surface area contributed by atoms with Crippen LogP contribution in [0.5, 0.6) is 0 Å². The molecule has 1 rings (SSSR count). The fourth-order valence-corrected chi connectivity index (χ4v) is 1.73. The summed E-state index contributed by atoms with van der Waals surface area (Å²) in [5.41, 5.74) is 1.98. The third-order valence-electron chi connectivity index (χ3n) is 3.08. The van der Waals surface area contributed by atoms with Crippen molar-refractivity contribution in [1.29, 1.82) is 0 Å². The van der Waals surface area contributed by atoms with Crippen LogP contribution in [0.25, 0.3) is 0 Å². The second kappa shape index (κ2) is 7.75. The molecule has 0 heterocycles. The molecular formula is C17H28FNO. The van der Waals surface area contributed by atoms with E-state index in [-0.39, 0.29) is 11.2 Å². The fraction of sp³-hybridized carbons (Fsp3) is 0.647. The molecule has 0 atom stereocenters. The summed E-state index contributed by atoms with van der Waals surface area (Å²) in [5.74, 6) is -0.186. The molecule has 0 saturated heterocycles. The van der Waals surface area contributed by atoms with Gasteiger partial charge in [-0.3, -0.25) is 0 Å². The largest absolute Gasteiger partial charge is 0.377 e. The molecule has 0 radical (unpaired) electrons. The highest BCUT2D eigenvalue weighted by molar-refractivity contribution is 5.24. The standard InChI is InChI=1S/C17H28FNO/c1-13(2)19-11-14-6-7-16(18)15(10-14)12-20-9-8-17(3,4)5/h6-7,10,13,19H,8-9,11-12H2,1-5H3. The third kappa shape index (κ3) is 7.01. The van der Waals surface area contributed by atoms with E-state index in [1.54, 1.807) is 0 Å². The Morgan fingerprint density at radius 1 is 1.25 bits per heavy atom. The summed E-state index contributed by atoms with van der Waals surface area (Å²) in [6, 6.07) is 5.66. The van der Waals surface area contributed by atoms with Crippen LogP contribution in [0.2, 0.25) is 0 Å². The maximum absolute atomic E-state index is 13.7. The lowest BCUT2D eigenvalue weighted by atomic mass is 9.93. The van der Waals surface area contributed by atoms with Gasteiger partial charge < -0.3 is 10.1 Å². The predicted octanol–water partition coefficient (Wildman–Crippen LogP) is 4.28. The maximum Gasteiger partial charge on any atom is 0.128 e. The van der Waals surface area contributed by atoms with E-state index in [1.165, 1.54) is 6.07 Å². The number of hydrogen-bond donors (Lipinski definition) is 1. The molecule has 0 bridgehead atoms. The van der Waals surface area contributed by atoms with E-state index in [9.17, 15) is 4.39 Å². The van der Waals surface area contributed by atoms with E-state index in [0.29, 0.717) is 24.8 Å². The molecule has 0 aliphatic rings. The Bertz CT molecular complexity index is 410. The minimum Gasteiger partial charge on any atom is -0.377 e. The average Bonchev–Trinajstić information content (AvgIpc) is 2.33. The molecule has 1 aromatic carbocycles. The topological polar surface area (TPSA) is 21.3 Å². The van der Waals surface area contributed by atoms with E-state index in [1.807, 2.05) is 12.1 Å². The van der Waals surface area contributed by atoms with E-state index >= 15 is 0 Å².